The van der Waals surface area contributed by atoms with Crippen molar-refractivity contribution in [2.75, 3.05) is 6.61 Å². The van der Waals surface area contributed by atoms with Crippen LogP contribution in [0, 0.1) is 6.92 Å². The van der Waals surface area contributed by atoms with E-state index >= 15 is 0 Å². The van der Waals surface area contributed by atoms with Crippen molar-refractivity contribution in [1.29, 1.82) is 0 Å². The normalized spacial score (nSPS) is 10.3. The second-order valence-electron chi connectivity index (χ2n) is 4.29. The molecule has 2 rings (SSSR count). The Morgan fingerprint density at radius 1 is 1.33 bits per heavy atom. The SMILES string of the molecule is CC(=O)c1cc(C)ccc1OCCc1ccsc1. The fourth-order valence-corrected chi connectivity index (χ4v) is 2.46. The van der Waals surface area contributed by atoms with E-state index in [1.54, 1.807) is 18.3 Å². The Kier molecular flexibility index (Phi) is 4.15. The molecule has 0 radical (unpaired) electrons. The fourth-order valence-electron chi connectivity index (χ4n) is 1.76. The molecular formula is C15H16O2S. The van der Waals surface area contributed by atoms with Crippen molar-refractivity contribution < 1.29 is 9.53 Å². The largest absolute Gasteiger partial charge is 0.492 e. The maximum atomic E-state index is 11.5. The number of aryl methyl sites for hydroxylation is 1. The maximum absolute atomic E-state index is 11.5. The van der Waals surface area contributed by atoms with Crippen LogP contribution in [-0.4, -0.2) is 12.4 Å². The van der Waals surface area contributed by atoms with E-state index in [0.717, 1.165) is 12.0 Å². The predicted octanol–water partition coefficient (Wildman–Crippen LogP) is 3.88. The molecule has 94 valence electrons. The molecule has 1 aromatic heterocycles. The molecule has 1 heterocycles. The third kappa shape index (κ3) is 3.20. The van der Waals surface area contributed by atoms with Crippen LogP contribution in [0.4, 0.5) is 0 Å². The monoisotopic (exact) mass is 260 g/mol. The molecule has 0 aliphatic heterocycles. The molecule has 0 unspecified atom stereocenters. The van der Waals surface area contributed by atoms with Gasteiger partial charge in [-0.1, -0.05) is 11.6 Å². The van der Waals surface area contributed by atoms with Crippen LogP contribution in [0.2, 0.25) is 0 Å². The van der Waals surface area contributed by atoms with E-state index < -0.39 is 0 Å². The summed E-state index contributed by atoms with van der Waals surface area (Å²) >= 11 is 1.69. The van der Waals surface area contributed by atoms with Crippen LogP contribution in [0.3, 0.4) is 0 Å². The van der Waals surface area contributed by atoms with Gasteiger partial charge < -0.3 is 4.74 Å². The minimum atomic E-state index is 0.0456. The highest BCUT2D eigenvalue weighted by Crippen LogP contribution is 2.21. The Hall–Kier alpha value is -1.61. The Bertz CT molecular complexity index is 529. The maximum Gasteiger partial charge on any atom is 0.163 e. The number of ketones is 1. The van der Waals surface area contributed by atoms with Crippen LogP contribution in [0.1, 0.15) is 28.4 Å². The molecule has 0 aliphatic carbocycles. The summed E-state index contributed by atoms with van der Waals surface area (Å²) in [5, 5.41) is 4.17. The number of benzene rings is 1. The van der Waals surface area contributed by atoms with Crippen molar-refractivity contribution in [1.82, 2.24) is 0 Å². The fraction of sp³-hybridized carbons (Fsp3) is 0.267. The van der Waals surface area contributed by atoms with Gasteiger partial charge in [-0.2, -0.15) is 11.3 Å². The summed E-state index contributed by atoms with van der Waals surface area (Å²) < 4.78 is 5.71. The number of rotatable bonds is 5. The molecule has 0 aliphatic rings. The lowest BCUT2D eigenvalue weighted by molar-refractivity contribution is 0.101. The van der Waals surface area contributed by atoms with Crippen molar-refractivity contribution in [3.63, 3.8) is 0 Å². The Morgan fingerprint density at radius 3 is 2.83 bits per heavy atom. The highest BCUT2D eigenvalue weighted by Gasteiger charge is 2.08. The first kappa shape index (κ1) is 12.8. The van der Waals surface area contributed by atoms with Gasteiger partial charge in [-0.15, -0.1) is 0 Å². The van der Waals surface area contributed by atoms with E-state index in [2.05, 4.69) is 16.8 Å². The van der Waals surface area contributed by atoms with Crippen LogP contribution in [0.15, 0.2) is 35.0 Å². The Morgan fingerprint density at radius 2 is 2.17 bits per heavy atom. The van der Waals surface area contributed by atoms with Gasteiger partial charge in [-0.25, -0.2) is 0 Å². The molecule has 18 heavy (non-hydrogen) atoms. The van der Waals surface area contributed by atoms with Crippen molar-refractivity contribution >= 4 is 17.1 Å². The van der Waals surface area contributed by atoms with E-state index in [1.165, 1.54) is 5.56 Å². The average Bonchev–Trinajstić information content (AvgIpc) is 2.84. The van der Waals surface area contributed by atoms with Gasteiger partial charge in [0.2, 0.25) is 0 Å². The van der Waals surface area contributed by atoms with Crippen LogP contribution < -0.4 is 4.74 Å². The van der Waals surface area contributed by atoms with Crippen molar-refractivity contribution in [2.24, 2.45) is 0 Å². The lowest BCUT2D eigenvalue weighted by Crippen LogP contribution is -2.05. The molecule has 2 aromatic rings. The molecule has 0 atom stereocenters. The van der Waals surface area contributed by atoms with Crippen LogP contribution in [0.25, 0.3) is 0 Å². The van der Waals surface area contributed by atoms with E-state index in [1.807, 2.05) is 25.1 Å². The van der Waals surface area contributed by atoms with Crippen molar-refractivity contribution in [3.05, 3.63) is 51.7 Å². The van der Waals surface area contributed by atoms with Gasteiger partial charge in [0.05, 0.1) is 12.2 Å². The molecule has 0 saturated carbocycles. The summed E-state index contributed by atoms with van der Waals surface area (Å²) in [6, 6.07) is 7.81. The predicted molar refractivity (Wildman–Crippen MR) is 74.7 cm³/mol. The van der Waals surface area contributed by atoms with E-state index in [0.29, 0.717) is 17.9 Å². The van der Waals surface area contributed by atoms with Crippen LogP contribution in [-0.2, 0) is 6.42 Å². The summed E-state index contributed by atoms with van der Waals surface area (Å²) in [6.45, 7) is 4.14. The molecule has 0 N–H and O–H groups in total. The van der Waals surface area contributed by atoms with Crippen LogP contribution in [0.5, 0.6) is 5.75 Å². The molecule has 3 heteroatoms. The molecule has 0 bridgehead atoms. The summed E-state index contributed by atoms with van der Waals surface area (Å²) in [5.41, 5.74) is 3.02. The van der Waals surface area contributed by atoms with Crippen molar-refractivity contribution in [2.45, 2.75) is 20.3 Å². The van der Waals surface area contributed by atoms with Crippen molar-refractivity contribution in [3.8, 4) is 5.75 Å². The first-order chi connectivity index (χ1) is 8.66. The number of ether oxygens (including phenoxy) is 1. The minimum absolute atomic E-state index is 0.0456. The number of thiophene rings is 1. The van der Waals surface area contributed by atoms with Crippen LogP contribution >= 0.6 is 11.3 Å². The first-order valence-corrected chi connectivity index (χ1v) is 6.86. The van der Waals surface area contributed by atoms with Gasteiger partial charge in [-0.05, 0) is 48.4 Å². The highest BCUT2D eigenvalue weighted by molar-refractivity contribution is 7.07. The molecular weight excluding hydrogens is 244 g/mol. The zero-order chi connectivity index (χ0) is 13.0. The topological polar surface area (TPSA) is 26.3 Å². The lowest BCUT2D eigenvalue weighted by Gasteiger charge is -2.10. The third-order valence-corrected chi connectivity index (χ3v) is 3.47. The van der Waals surface area contributed by atoms with Gasteiger partial charge in [0, 0.05) is 6.42 Å². The zero-order valence-corrected chi connectivity index (χ0v) is 11.4. The number of carbonyl (C=O) groups is 1. The number of hydrogen-bond acceptors (Lipinski definition) is 3. The highest BCUT2D eigenvalue weighted by atomic mass is 32.1. The third-order valence-electron chi connectivity index (χ3n) is 2.74. The van der Waals surface area contributed by atoms with Gasteiger partial charge in [-0.3, -0.25) is 4.79 Å². The standard InChI is InChI=1S/C15H16O2S/c1-11-3-4-15(14(9-11)12(2)16)17-7-5-13-6-8-18-10-13/h3-4,6,8-10H,5,7H2,1-2H3. The number of hydrogen-bond donors (Lipinski definition) is 0. The van der Waals surface area contributed by atoms with Gasteiger partial charge >= 0.3 is 0 Å². The molecule has 0 amide bonds. The lowest BCUT2D eigenvalue weighted by atomic mass is 10.1. The van der Waals surface area contributed by atoms with Gasteiger partial charge in [0.1, 0.15) is 5.75 Å². The Labute approximate surface area is 111 Å². The van der Waals surface area contributed by atoms with E-state index in [-0.39, 0.29) is 5.78 Å². The smallest absolute Gasteiger partial charge is 0.163 e. The summed E-state index contributed by atoms with van der Waals surface area (Å²) in [4.78, 5) is 11.5. The van der Waals surface area contributed by atoms with Gasteiger partial charge in [0.25, 0.3) is 0 Å². The first-order valence-electron chi connectivity index (χ1n) is 5.92. The van der Waals surface area contributed by atoms with E-state index in [9.17, 15) is 4.79 Å². The second kappa shape index (κ2) is 5.83. The summed E-state index contributed by atoms with van der Waals surface area (Å²) in [5.74, 6) is 0.729. The molecule has 2 nitrogen and oxygen atoms in total. The van der Waals surface area contributed by atoms with E-state index in [4.69, 9.17) is 4.74 Å². The number of carbonyl (C=O) groups excluding carboxylic acids is 1. The molecule has 0 fully saturated rings. The summed E-state index contributed by atoms with van der Waals surface area (Å²) in [6.07, 6.45) is 0.870. The average molecular weight is 260 g/mol. The summed E-state index contributed by atoms with van der Waals surface area (Å²) in [7, 11) is 0. The minimum Gasteiger partial charge on any atom is -0.492 e. The van der Waals surface area contributed by atoms with Gasteiger partial charge in [0.15, 0.2) is 5.78 Å². The molecule has 1 aromatic carbocycles. The Balaban J connectivity index is 2.02. The zero-order valence-electron chi connectivity index (χ0n) is 10.6. The molecule has 0 spiro atoms. The second-order valence-corrected chi connectivity index (χ2v) is 5.07. The molecule has 0 saturated heterocycles. The quantitative estimate of drug-likeness (QED) is 0.763. The number of Topliss-reactive ketones (excluding diaryl/α,β-unsaturated/α-hetero) is 1.